The van der Waals surface area contributed by atoms with E-state index in [0.29, 0.717) is 48.9 Å². The molecule has 0 aliphatic carbocycles. The number of carbonyl (C=O) groups is 1. The molecule has 10 heteroatoms. The number of nitrogens with one attached hydrogen (secondary N) is 1. The van der Waals surface area contributed by atoms with Gasteiger partial charge in [0.2, 0.25) is 5.82 Å². The first-order valence-electron chi connectivity index (χ1n) is 12.1. The molecule has 0 fully saturated rings. The summed E-state index contributed by atoms with van der Waals surface area (Å²) >= 11 is 0. The number of hydrogen-bond donors (Lipinski definition) is 1. The second-order valence-electron chi connectivity index (χ2n) is 9.80. The molecule has 36 heavy (non-hydrogen) atoms. The number of aromatic amines is 1. The predicted octanol–water partition coefficient (Wildman–Crippen LogP) is 4.63. The molecule has 0 saturated carbocycles. The summed E-state index contributed by atoms with van der Waals surface area (Å²) in [5, 5.41) is 8.57. The van der Waals surface area contributed by atoms with Gasteiger partial charge in [-0.3, -0.25) is 4.79 Å². The highest BCUT2D eigenvalue weighted by Gasteiger charge is 2.22. The zero-order valence-corrected chi connectivity index (χ0v) is 21.4. The van der Waals surface area contributed by atoms with Gasteiger partial charge in [0.05, 0.1) is 11.8 Å². The average Bonchev–Trinajstić information content (AvgIpc) is 3.45. The molecule has 10 nitrogen and oxygen atoms in total. The van der Waals surface area contributed by atoms with Crippen LogP contribution in [0.5, 0.6) is 0 Å². The van der Waals surface area contributed by atoms with Crippen LogP contribution in [0.25, 0.3) is 28.5 Å². The summed E-state index contributed by atoms with van der Waals surface area (Å²) < 4.78 is 12.7. The van der Waals surface area contributed by atoms with Crippen molar-refractivity contribution in [2.45, 2.75) is 59.5 Å². The third kappa shape index (κ3) is 5.81. The van der Waals surface area contributed by atoms with E-state index in [1.165, 1.54) is 6.07 Å². The summed E-state index contributed by atoms with van der Waals surface area (Å²) in [4.78, 5) is 34.1. The van der Waals surface area contributed by atoms with Crippen LogP contribution in [0.2, 0.25) is 0 Å². The number of aromatic nitrogens is 5. The Morgan fingerprint density at radius 3 is 2.64 bits per heavy atom. The van der Waals surface area contributed by atoms with Crippen LogP contribution in [0.1, 0.15) is 51.8 Å². The van der Waals surface area contributed by atoms with Crippen LogP contribution in [0, 0.1) is 6.92 Å². The Kier molecular flexibility index (Phi) is 7.23. The van der Waals surface area contributed by atoms with Gasteiger partial charge in [-0.15, -0.1) is 0 Å². The minimum Gasteiger partial charge on any atom is -0.444 e. The summed E-state index contributed by atoms with van der Waals surface area (Å²) in [7, 11) is 0. The van der Waals surface area contributed by atoms with Gasteiger partial charge in [0, 0.05) is 30.4 Å². The van der Waals surface area contributed by atoms with Crippen molar-refractivity contribution in [1.29, 1.82) is 0 Å². The lowest BCUT2D eigenvalue weighted by molar-refractivity contribution is 0.0248. The van der Waals surface area contributed by atoms with E-state index in [0.717, 1.165) is 23.2 Å². The number of hydrogen-bond acceptors (Lipinski definition) is 7. The minimum absolute atomic E-state index is 0.251. The maximum Gasteiger partial charge on any atom is 0.410 e. The Labute approximate surface area is 209 Å². The lowest BCUT2D eigenvalue weighted by atomic mass is 10.1. The predicted molar refractivity (Wildman–Crippen MR) is 136 cm³/mol. The number of H-pyrrole nitrogens is 1. The first kappa shape index (κ1) is 25.2. The van der Waals surface area contributed by atoms with Gasteiger partial charge in [-0.25, -0.2) is 9.31 Å². The van der Waals surface area contributed by atoms with E-state index in [1.54, 1.807) is 15.6 Å². The Morgan fingerprint density at radius 2 is 1.94 bits per heavy atom. The summed E-state index contributed by atoms with van der Waals surface area (Å²) in [6.45, 7) is 10.7. The average molecular weight is 493 g/mol. The number of carbonyl (C=O) groups excluding carboxylic acids is 1. The number of ether oxygens (including phenoxy) is 1. The second kappa shape index (κ2) is 10.3. The molecule has 0 radical (unpaired) electrons. The number of aryl methyl sites for hydroxylation is 2. The van der Waals surface area contributed by atoms with Crippen LogP contribution in [0.3, 0.4) is 0 Å². The molecular weight excluding hydrogens is 460 g/mol. The lowest BCUT2D eigenvalue weighted by Gasteiger charge is -2.27. The SMILES string of the molecule is CCCN(CCCc1cc(=O)[nH]c2c(-c3noc(-c4ccc(C)cc4)n3)cnn12)C(=O)OC(C)(C)C. The maximum atomic E-state index is 12.5. The molecule has 3 heterocycles. The van der Waals surface area contributed by atoms with E-state index < -0.39 is 5.60 Å². The summed E-state index contributed by atoms with van der Waals surface area (Å²) in [6, 6.07) is 9.31. The van der Waals surface area contributed by atoms with Crippen molar-refractivity contribution >= 4 is 11.7 Å². The Hall–Kier alpha value is -3.95. The largest absolute Gasteiger partial charge is 0.444 e. The van der Waals surface area contributed by atoms with E-state index in [9.17, 15) is 9.59 Å². The highest BCUT2D eigenvalue weighted by molar-refractivity contribution is 5.73. The molecule has 0 unspecified atom stereocenters. The first-order valence-corrected chi connectivity index (χ1v) is 12.1. The highest BCUT2D eigenvalue weighted by atomic mass is 16.6. The van der Waals surface area contributed by atoms with Gasteiger partial charge in [0.25, 0.3) is 11.4 Å². The summed E-state index contributed by atoms with van der Waals surface area (Å²) in [5.74, 6) is 0.730. The molecule has 1 amide bonds. The summed E-state index contributed by atoms with van der Waals surface area (Å²) in [6.07, 6.45) is 3.30. The van der Waals surface area contributed by atoms with E-state index in [2.05, 4.69) is 20.2 Å². The fourth-order valence-electron chi connectivity index (χ4n) is 3.88. The Bertz CT molecular complexity index is 1390. The molecule has 0 atom stereocenters. The van der Waals surface area contributed by atoms with Crippen LogP contribution in [-0.2, 0) is 11.2 Å². The smallest absolute Gasteiger partial charge is 0.410 e. The maximum absolute atomic E-state index is 12.5. The van der Waals surface area contributed by atoms with Crippen LogP contribution in [0.15, 0.2) is 45.8 Å². The molecule has 4 rings (SSSR count). The van der Waals surface area contributed by atoms with Gasteiger partial charge in [0.1, 0.15) is 11.2 Å². The monoisotopic (exact) mass is 492 g/mol. The van der Waals surface area contributed by atoms with Crippen molar-refractivity contribution in [2.75, 3.05) is 13.1 Å². The summed E-state index contributed by atoms with van der Waals surface area (Å²) in [5.41, 5.74) is 2.93. The molecule has 0 saturated heterocycles. The third-order valence-corrected chi connectivity index (χ3v) is 5.55. The van der Waals surface area contributed by atoms with Gasteiger partial charge in [-0.2, -0.15) is 10.1 Å². The van der Waals surface area contributed by atoms with Crippen molar-refractivity contribution in [3.63, 3.8) is 0 Å². The Morgan fingerprint density at radius 1 is 1.19 bits per heavy atom. The molecule has 0 spiro atoms. The standard InChI is InChI=1S/C26H32N6O4/c1-6-13-31(25(34)35-26(3,4)5)14-7-8-19-15-21(33)28-23-20(16-27-32(19)23)22-29-24(36-30-22)18-11-9-17(2)10-12-18/h9-12,15-16H,6-8,13-14H2,1-5H3,(H,28,33). The minimum atomic E-state index is -0.554. The topological polar surface area (TPSA) is 119 Å². The zero-order valence-electron chi connectivity index (χ0n) is 21.4. The van der Waals surface area contributed by atoms with E-state index in [1.807, 2.05) is 58.9 Å². The van der Waals surface area contributed by atoms with Crippen LogP contribution >= 0.6 is 0 Å². The van der Waals surface area contributed by atoms with E-state index in [4.69, 9.17) is 9.26 Å². The van der Waals surface area contributed by atoms with Gasteiger partial charge >= 0.3 is 6.09 Å². The highest BCUT2D eigenvalue weighted by Crippen LogP contribution is 2.25. The molecule has 0 aliphatic rings. The van der Waals surface area contributed by atoms with Gasteiger partial charge < -0.3 is 19.1 Å². The fraction of sp³-hybridized carbons (Fsp3) is 0.423. The van der Waals surface area contributed by atoms with E-state index >= 15 is 0 Å². The van der Waals surface area contributed by atoms with Gasteiger partial charge in [-0.05, 0) is 59.1 Å². The Balaban J connectivity index is 1.53. The number of amides is 1. The number of benzene rings is 1. The van der Waals surface area contributed by atoms with Gasteiger partial charge in [-0.1, -0.05) is 29.8 Å². The molecule has 190 valence electrons. The quantitative estimate of drug-likeness (QED) is 0.381. The van der Waals surface area contributed by atoms with Crippen LogP contribution in [-0.4, -0.2) is 54.4 Å². The molecule has 0 aliphatic heterocycles. The first-order chi connectivity index (χ1) is 17.1. The molecule has 4 aromatic rings. The van der Waals surface area contributed by atoms with Crippen LogP contribution in [0.4, 0.5) is 4.79 Å². The molecule has 3 aromatic heterocycles. The van der Waals surface area contributed by atoms with E-state index in [-0.39, 0.29) is 11.7 Å². The molecular formula is C26H32N6O4. The number of rotatable bonds is 8. The molecule has 0 bridgehead atoms. The van der Waals surface area contributed by atoms with Crippen molar-refractivity contribution in [3.05, 3.63) is 58.1 Å². The zero-order chi connectivity index (χ0) is 25.9. The molecule has 1 N–H and O–H groups in total. The van der Waals surface area contributed by atoms with Gasteiger partial charge in [0.15, 0.2) is 0 Å². The van der Waals surface area contributed by atoms with Crippen LogP contribution < -0.4 is 5.56 Å². The molecule has 1 aromatic carbocycles. The second-order valence-corrected chi connectivity index (χ2v) is 9.80. The van der Waals surface area contributed by atoms with Crippen molar-refractivity contribution in [2.24, 2.45) is 0 Å². The number of fused-ring (bicyclic) bond motifs is 1. The van der Waals surface area contributed by atoms with Crippen molar-refractivity contribution in [1.82, 2.24) is 29.6 Å². The normalized spacial score (nSPS) is 11.7. The fourth-order valence-corrected chi connectivity index (χ4v) is 3.88. The van der Waals surface area contributed by atoms with Crippen molar-refractivity contribution in [3.8, 4) is 22.8 Å². The van der Waals surface area contributed by atoms with Crippen molar-refractivity contribution < 1.29 is 14.1 Å². The lowest BCUT2D eigenvalue weighted by Crippen LogP contribution is -2.38. The number of nitrogens with zero attached hydrogens (tertiary/aromatic N) is 5. The third-order valence-electron chi connectivity index (χ3n) is 5.55.